The van der Waals surface area contributed by atoms with Gasteiger partial charge in [0, 0.05) is 23.8 Å². The smallest absolute Gasteiger partial charge is 0.161 e. The summed E-state index contributed by atoms with van der Waals surface area (Å²) in [5, 5.41) is 9.19. The van der Waals surface area contributed by atoms with Gasteiger partial charge in [-0.25, -0.2) is 4.39 Å². The molecule has 2 atom stereocenters. The number of nitrogens with zero attached hydrogens (tertiary/aromatic N) is 1. The summed E-state index contributed by atoms with van der Waals surface area (Å²) in [6.45, 7) is 4.29. The summed E-state index contributed by atoms with van der Waals surface area (Å²) >= 11 is 0. The van der Waals surface area contributed by atoms with Crippen molar-refractivity contribution in [2.75, 3.05) is 24.7 Å². The first-order valence-corrected chi connectivity index (χ1v) is 6.32. The highest BCUT2D eigenvalue weighted by Gasteiger charge is 2.28. The van der Waals surface area contributed by atoms with Crippen molar-refractivity contribution < 1.29 is 19.0 Å². The van der Waals surface area contributed by atoms with Gasteiger partial charge in [0.1, 0.15) is 5.82 Å². The van der Waals surface area contributed by atoms with E-state index in [0.29, 0.717) is 24.4 Å². The summed E-state index contributed by atoms with van der Waals surface area (Å²) in [6, 6.07) is 4.29. The minimum Gasteiger partial charge on any atom is -0.394 e. The molecule has 5 heteroatoms. The fourth-order valence-corrected chi connectivity index (χ4v) is 2.30. The van der Waals surface area contributed by atoms with Gasteiger partial charge in [0.15, 0.2) is 5.78 Å². The maximum absolute atomic E-state index is 13.3. The minimum absolute atomic E-state index is 0.0696. The predicted molar refractivity (Wildman–Crippen MR) is 70.0 cm³/mol. The Hall–Kier alpha value is -1.46. The van der Waals surface area contributed by atoms with E-state index in [1.54, 1.807) is 6.07 Å². The van der Waals surface area contributed by atoms with E-state index in [9.17, 15) is 14.3 Å². The first kappa shape index (κ1) is 14.0. The third-order valence-electron chi connectivity index (χ3n) is 3.36. The van der Waals surface area contributed by atoms with Gasteiger partial charge in [-0.15, -0.1) is 0 Å². The zero-order valence-corrected chi connectivity index (χ0v) is 11.1. The van der Waals surface area contributed by atoms with E-state index < -0.39 is 5.82 Å². The molecule has 0 amide bonds. The minimum atomic E-state index is -0.423. The van der Waals surface area contributed by atoms with Crippen molar-refractivity contribution in [1.82, 2.24) is 0 Å². The molecule has 0 bridgehead atoms. The van der Waals surface area contributed by atoms with Crippen molar-refractivity contribution in [3.8, 4) is 0 Å². The van der Waals surface area contributed by atoms with Crippen LogP contribution < -0.4 is 4.90 Å². The number of carbonyl (C=O) groups excluding carboxylic acids is 1. The van der Waals surface area contributed by atoms with E-state index >= 15 is 0 Å². The largest absolute Gasteiger partial charge is 0.394 e. The van der Waals surface area contributed by atoms with Crippen LogP contribution in [0.4, 0.5) is 10.1 Å². The number of ketones is 1. The van der Waals surface area contributed by atoms with E-state index in [1.165, 1.54) is 19.1 Å². The summed E-state index contributed by atoms with van der Waals surface area (Å²) in [5.74, 6) is -0.595. The standard InChI is InChI=1S/C14H18FNO3/c1-9-8-19-12(7-17)6-16(9)14-4-3-11(15)5-13(14)10(2)18/h3-5,9,12,17H,6-8H2,1-2H3. The van der Waals surface area contributed by atoms with Crippen LogP contribution in [0, 0.1) is 5.82 Å². The molecule has 1 aliphatic heterocycles. The lowest BCUT2D eigenvalue weighted by atomic mass is 10.1. The highest BCUT2D eigenvalue weighted by molar-refractivity contribution is 5.99. The maximum atomic E-state index is 13.3. The van der Waals surface area contributed by atoms with E-state index in [0.717, 1.165) is 0 Å². The van der Waals surface area contributed by atoms with Gasteiger partial charge in [-0.05, 0) is 32.0 Å². The fourth-order valence-electron chi connectivity index (χ4n) is 2.30. The van der Waals surface area contributed by atoms with Gasteiger partial charge in [0.2, 0.25) is 0 Å². The SMILES string of the molecule is CC(=O)c1cc(F)ccc1N1CC(CO)OCC1C. The van der Waals surface area contributed by atoms with Crippen molar-refractivity contribution in [2.24, 2.45) is 0 Å². The second-order valence-corrected chi connectivity index (χ2v) is 4.86. The molecule has 2 unspecified atom stereocenters. The van der Waals surface area contributed by atoms with Crippen LogP contribution >= 0.6 is 0 Å². The van der Waals surface area contributed by atoms with Gasteiger partial charge in [-0.3, -0.25) is 4.79 Å². The number of ether oxygens (including phenoxy) is 1. The Morgan fingerprint density at radius 2 is 2.32 bits per heavy atom. The zero-order valence-electron chi connectivity index (χ0n) is 11.1. The van der Waals surface area contributed by atoms with E-state index in [-0.39, 0.29) is 24.5 Å². The molecule has 4 nitrogen and oxygen atoms in total. The van der Waals surface area contributed by atoms with Crippen molar-refractivity contribution in [2.45, 2.75) is 26.0 Å². The van der Waals surface area contributed by atoms with E-state index in [1.807, 2.05) is 11.8 Å². The first-order valence-electron chi connectivity index (χ1n) is 6.32. The fraction of sp³-hybridized carbons (Fsp3) is 0.500. The van der Waals surface area contributed by atoms with E-state index in [2.05, 4.69) is 0 Å². The molecule has 1 heterocycles. The summed E-state index contributed by atoms with van der Waals surface area (Å²) in [6.07, 6.45) is -0.277. The number of aliphatic hydroxyl groups is 1. The molecule has 0 aliphatic carbocycles. The van der Waals surface area contributed by atoms with Crippen LogP contribution in [0.5, 0.6) is 0 Å². The zero-order chi connectivity index (χ0) is 14.0. The first-order chi connectivity index (χ1) is 9.02. The lowest BCUT2D eigenvalue weighted by molar-refractivity contribution is -0.0103. The summed E-state index contributed by atoms with van der Waals surface area (Å²) in [5.41, 5.74) is 1.06. The molecule has 1 aromatic rings. The van der Waals surface area contributed by atoms with E-state index in [4.69, 9.17) is 4.74 Å². The number of halogens is 1. The number of morpholine rings is 1. The maximum Gasteiger partial charge on any atom is 0.161 e. The van der Waals surface area contributed by atoms with Gasteiger partial charge in [0.05, 0.1) is 19.3 Å². The Morgan fingerprint density at radius 1 is 1.58 bits per heavy atom. The van der Waals surface area contributed by atoms with Crippen LogP contribution in [-0.4, -0.2) is 42.8 Å². The average Bonchev–Trinajstić information content (AvgIpc) is 2.39. The number of Topliss-reactive ketones (excluding diaryl/α,β-unsaturated/α-hetero) is 1. The highest BCUT2D eigenvalue weighted by Crippen LogP contribution is 2.27. The van der Waals surface area contributed by atoms with Crippen LogP contribution in [0.1, 0.15) is 24.2 Å². The molecule has 104 valence electrons. The number of aliphatic hydroxyl groups excluding tert-OH is 1. The molecule has 0 spiro atoms. The van der Waals surface area contributed by atoms with Gasteiger partial charge < -0.3 is 14.7 Å². The quantitative estimate of drug-likeness (QED) is 0.845. The lowest BCUT2D eigenvalue weighted by Crippen LogP contribution is -2.50. The molecule has 1 aliphatic rings. The van der Waals surface area contributed by atoms with Crippen LogP contribution in [0.3, 0.4) is 0 Å². The van der Waals surface area contributed by atoms with Crippen molar-refractivity contribution in [3.05, 3.63) is 29.6 Å². The Labute approximate surface area is 111 Å². The molecule has 1 fully saturated rings. The second-order valence-electron chi connectivity index (χ2n) is 4.86. The highest BCUT2D eigenvalue weighted by atomic mass is 19.1. The van der Waals surface area contributed by atoms with Gasteiger partial charge in [-0.1, -0.05) is 0 Å². The number of hydrogen-bond donors (Lipinski definition) is 1. The number of benzene rings is 1. The third-order valence-corrected chi connectivity index (χ3v) is 3.36. The summed E-state index contributed by atoms with van der Waals surface area (Å²) < 4.78 is 18.7. The molecule has 19 heavy (non-hydrogen) atoms. The monoisotopic (exact) mass is 267 g/mol. The lowest BCUT2D eigenvalue weighted by Gasteiger charge is -2.39. The van der Waals surface area contributed by atoms with Crippen LogP contribution in [0.15, 0.2) is 18.2 Å². The molecule has 0 aromatic heterocycles. The Kier molecular flexibility index (Phi) is 4.17. The topological polar surface area (TPSA) is 49.8 Å². The summed E-state index contributed by atoms with van der Waals surface area (Å²) in [4.78, 5) is 13.6. The predicted octanol–water partition coefficient (Wildman–Crippen LogP) is 1.61. The molecular formula is C14H18FNO3. The molecule has 0 saturated carbocycles. The van der Waals surface area contributed by atoms with Crippen LogP contribution in [-0.2, 0) is 4.74 Å². The molecular weight excluding hydrogens is 249 g/mol. The van der Waals surface area contributed by atoms with Gasteiger partial charge in [-0.2, -0.15) is 0 Å². The number of rotatable bonds is 3. The van der Waals surface area contributed by atoms with Gasteiger partial charge in [0.25, 0.3) is 0 Å². The Morgan fingerprint density at radius 3 is 2.95 bits per heavy atom. The van der Waals surface area contributed by atoms with Crippen molar-refractivity contribution in [1.29, 1.82) is 0 Å². The molecule has 1 N–H and O–H groups in total. The number of anilines is 1. The second kappa shape index (κ2) is 5.67. The molecule has 0 radical (unpaired) electrons. The molecule has 1 aromatic carbocycles. The third kappa shape index (κ3) is 2.93. The van der Waals surface area contributed by atoms with Crippen LogP contribution in [0.25, 0.3) is 0 Å². The normalized spacial score (nSPS) is 23.5. The summed E-state index contributed by atoms with van der Waals surface area (Å²) in [7, 11) is 0. The molecule has 2 rings (SSSR count). The number of hydrogen-bond acceptors (Lipinski definition) is 4. The number of carbonyl (C=O) groups is 1. The Bertz CT molecular complexity index is 478. The van der Waals surface area contributed by atoms with Crippen LogP contribution in [0.2, 0.25) is 0 Å². The Balaban J connectivity index is 2.36. The molecule has 1 saturated heterocycles. The van der Waals surface area contributed by atoms with Crippen molar-refractivity contribution in [3.63, 3.8) is 0 Å². The van der Waals surface area contributed by atoms with Crippen molar-refractivity contribution >= 4 is 11.5 Å². The average molecular weight is 267 g/mol. The van der Waals surface area contributed by atoms with Gasteiger partial charge >= 0.3 is 0 Å².